The molecule has 2 heterocycles. The molecule has 14 rings (SSSR count). The van der Waals surface area contributed by atoms with E-state index in [2.05, 4.69) is 243 Å². The Hall–Kier alpha value is -8.18. The minimum absolute atomic E-state index is 0.0252. The standard InChI is InChI=1S/C66H50N2O2/c1-41-18-16-26-51-55-38-44(68(58-29-14-11-23-47(58)42-19-6-4-7-20-42)45-32-35-49-48-24-10-13-28-56(48)66(2,3)57(49)39-45)33-36-53(55)65-63(62(41)51)54-37-34-46(40-61(54)70-65)67(43-21-8-5-9-22-43)59-30-17-27-52-50-25-12-15-31-60(50)69-64(52)59/h4-39,53,61,65H,40H2,1-3H3/t53?,61-,65?/m0/s1. The molecule has 4 aliphatic carbocycles. The third-order valence-corrected chi connectivity index (χ3v) is 15.7. The molecule has 1 fully saturated rings. The molecule has 3 atom stereocenters. The summed E-state index contributed by atoms with van der Waals surface area (Å²) in [7, 11) is 0. The second kappa shape index (κ2) is 15.7. The van der Waals surface area contributed by atoms with Crippen LogP contribution in [0.15, 0.2) is 240 Å². The molecule has 1 aliphatic heterocycles. The number of rotatable bonds is 7. The Morgan fingerprint density at radius 3 is 2.17 bits per heavy atom. The second-order valence-electron chi connectivity index (χ2n) is 19.9. The van der Waals surface area contributed by atoms with Crippen LogP contribution in [0.25, 0.3) is 55.3 Å². The van der Waals surface area contributed by atoms with Crippen LogP contribution in [-0.2, 0) is 10.2 Å². The minimum Gasteiger partial charge on any atom is -0.454 e. The number of anilines is 4. The second-order valence-corrected chi connectivity index (χ2v) is 19.9. The summed E-state index contributed by atoms with van der Waals surface area (Å²) in [6.07, 6.45) is 12.4. The quantitative estimate of drug-likeness (QED) is 0.159. The zero-order chi connectivity index (χ0) is 46.7. The van der Waals surface area contributed by atoms with E-state index in [0.717, 1.165) is 56.1 Å². The van der Waals surface area contributed by atoms with Gasteiger partial charge in [-0.3, -0.25) is 0 Å². The summed E-state index contributed by atoms with van der Waals surface area (Å²) in [5.74, 6) is 0.0252. The molecular formula is C66H50N2O2. The average Bonchev–Trinajstić information content (AvgIpc) is 4.05. The predicted octanol–water partition coefficient (Wildman–Crippen LogP) is 14.9. The Balaban J connectivity index is 0.927. The number of aryl methyl sites for hydroxylation is 1. The molecule has 0 spiro atoms. The van der Waals surface area contributed by atoms with Gasteiger partial charge in [0.15, 0.2) is 5.58 Å². The van der Waals surface area contributed by atoms with Crippen molar-refractivity contribution < 1.29 is 9.15 Å². The van der Waals surface area contributed by atoms with E-state index in [9.17, 15) is 0 Å². The van der Waals surface area contributed by atoms with E-state index in [4.69, 9.17) is 9.15 Å². The summed E-state index contributed by atoms with van der Waals surface area (Å²) in [5, 5.41) is 4.81. The summed E-state index contributed by atoms with van der Waals surface area (Å²) in [6.45, 7) is 7.00. The van der Waals surface area contributed by atoms with Crippen molar-refractivity contribution >= 4 is 55.8 Å². The first kappa shape index (κ1) is 40.8. The monoisotopic (exact) mass is 902 g/mol. The van der Waals surface area contributed by atoms with Crippen LogP contribution in [0.2, 0.25) is 0 Å². The van der Waals surface area contributed by atoms with Gasteiger partial charge in [-0.25, -0.2) is 0 Å². The van der Waals surface area contributed by atoms with Crippen LogP contribution in [0, 0.1) is 12.8 Å². The molecule has 70 heavy (non-hydrogen) atoms. The summed E-state index contributed by atoms with van der Waals surface area (Å²) in [5.41, 5.74) is 21.2. The van der Waals surface area contributed by atoms with Gasteiger partial charge in [0, 0.05) is 56.9 Å². The number of ether oxygens (including phenoxy) is 1. The lowest BCUT2D eigenvalue weighted by atomic mass is 9.76. The topological polar surface area (TPSA) is 28.9 Å². The highest BCUT2D eigenvalue weighted by molar-refractivity contribution is 6.10. The summed E-state index contributed by atoms with van der Waals surface area (Å²) in [4.78, 5) is 4.87. The fraction of sp³-hybridized carbons (Fsp3) is 0.121. The third kappa shape index (κ3) is 6.13. The van der Waals surface area contributed by atoms with Crippen molar-refractivity contribution in [2.45, 2.75) is 44.8 Å². The van der Waals surface area contributed by atoms with Crippen LogP contribution in [0.5, 0.6) is 0 Å². The number of para-hydroxylation sites is 4. The van der Waals surface area contributed by atoms with Crippen molar-refractivity contribution in [1.29, 1.82) is 0 Å². The van der Waals surface area contributed by atoms with E-state index in [-0.39, 0.29) is 23.5 Å². The van der Waals surface area contributed by atoms with Gasteiger partial charge in [-0.2, -0.15) is 0 Å². The van der Waals surface area contributed by atoms with Crippen LogP contribution in [0.1, 0.15) is 37.0 Å². The maximum absolute atomic E-state index is 7.47. The summed E-state index contributed by atoms with van der Waals surface area (Å²) in [6, 6.07) is 68.0. The zero-order valence-corrected chi connectivity index (χ0v) is 39.4. The number of hydrogen-bond acceptors (Lipinski definition) is 4. The molecule has 336 valence electrons. The van der Waals surface area contributed by atoms with Crippen molar-refractivity contribution in [3.05, 3.63) is 263 Å². The molecule has 1 saturated heterocycles. The SMILES string of the molecule is Cc1cccc2c1=C1C3=CC=C(N(c4ccccc4)c4cccc5c4oc4ccccc45)C[C@@H]3OC1C1C=CC(N(c3ccc4c(c3)C(C)(C)c3ccccc3-4)c3ccccc3-c3ccccc3)=CC=21. The molecule has 8 aromatic carbocycles. The molecule has 4 nitrogen and oxygen atoms in total. The number of furan rings is 1. The van der Waals surface area contributed by atoms with Gasteiger partial charge in [0.1, 0.15) is 5.58 Å². The normalized spacial score (nSPS) is 19.1. The number of benzene rings is 8. The van der Waals surface area contributed by atoms with Gasteiger partial charge >= 0.3 is 0 Å². The van der Waals surface area contributed by atoms with Crippen molar-refractivity contribution in [2.75, 3.05) is 9.80 Å². The minimum atomic E-state index is -0.145. The van der Waals surface area contributed by atoms with E-state index in [1.165, 1.54) is 66.1 Å². The summed E-state index contributed by atoms with van der Waals surface area (Å²) < 4.78 is 14.1. The van der Waals surface area contributed by atoms with Gasteiger partial charge in [0.25, 0.3) is 0 Å². The number of hydrogen-bond donors (Lipinski definition) is 0. The Morgan fingerprint density at radius 2 is 1.30 bits per heavy atom. The van der Waals surface area contributed by atoms with E-state index < -0.39 is 0 Å². The zero-order valence-electron chi connectivity index (χ0n) is 39.4. The van der Waals surface area contributed by atoms with Gasteiger partial charge in [0.2, 0.25) is 0 Å². The van der Waals surface area contributed by atoms with Crippen LogP contribution in [-0.4, -0.2) is 12.2 Å². The van der Waals surface area contributed by atoms with Crippen molar-refractivity contribution in [3.8, 4) is 22.3 Å². The number of nitrogens with zero attached hydrogens (tertiary/aromatic N) is 2. The lowest BCUT2D eigenvalue weighted by molar-refractivity contribution is 0.0557. The molecule has 2 unspecified atom stereocenters. The molecule has 0 amide bonds. The molecule has 1 aromatic heterocycles. The van der Waals surface area contributed by atoms with Gasteiger partial charge in [-0.1, -0.05) is 172 Å². The Kier molecular flexibility index (Phi) is 9.15. The molecule has 0 N–H and O–H groups in total. The molecule has 4 heteroatoms. The van der Waals surface area contributed by atoms with E-state index in [1.54, 1.807) is 0 Å². The predicted molar refractivity (Wildman–Crippen MR) is 288 cm³/mol. The maximum Gasteiger partial charge on any atom is 0.159 e. The molecule has 9 aromatic rings. The highest BCUT2D eigenvalue weighted by Gasteiger charge is 2.45. The van der Waals surface area contributed by atoms with Crippen LogP contribution < -0.4 is 20.2 Å². The van der Waals surface area contributed by atoms with Gasteiger partial charge < -0.3 is 19.0 Å². The fourth-order valence-corrected chi connectivity index (χ4v) is 12.4. The Morgan fingerprint density at radius 1 is 0.586 bits per heavy atom. The smallest absolute Gasteiger partial charge is 0.159 e. The van der Waals surface area contributed by atoms with Crippen LogP contribution in [0.3, 0.4) is 0 Å². The molecule has 5 aliphatic rings. The Labute approximate surface area is 408 Å². The van der Waals surface area contributed by atoms with E-state index in [0.29, 0.717) is 6.42 Å². The van der Waals surface area contributed by atoms with Gasteiger partial charge in [0.05, 0.1) is 23.6 Å². The largest absolute Gasteiger partial charge is 0.454 e. The first-order valence-electron chi connectivity index (χ1n) is 24.7. The summed E-state index contributed by atoms with van der Waals surface area (Å²) >= 11 is 0. The average molecular weight is 903 g/mol. The molecule has 0 bridgehead atoms. The van der Waals surface area contributed by atoms with Gasteiger partial charge in [-0.05, 0) is 128 Å². The van der Waals surface area contributed by atoms with Crippen LogP contribution in [0.4, 0.5) is 22.7 Å². The number of allylic oxidation sites excluding steroid dienone is 4. The van der Waals surface area contributed by atoms with E-state index in [1.807, 2.05) is 6.07 Å². The third-order valence-electron chi connectivity index (χ3n) is 15.7. The molecule has 0 saturated carbocycles. The maximum atomic E-state index is 7.47. The number of fused-ring (bicyclic) bond motifs is 12. The molecular weight excluding hydrogens is 853 g/mol. The lowest BCUT2D eigenvalue weighted by Crippen LogP contribution is -2.43. The highest BCUT2D eigenvalue weighted by Crippen LogP contribution is 2.52. The molecule has 0 radical (unpaired) electrons. The lowest BCUT2D eigenvalue weighted by Gasteiger charge is -2.35. The first-order chi connectivity index (χ1) is 34.4. The highest BCUT2D eigenvalue weighted by atomic mass is 16.5. The van der Waals surface area contributed by atoms with E-state index >= 15 is 0 Å². The first-order valence-corrected chi connectivity index (χ1v) is 24.7. The van der Waals surface area contributed by atoms with Crippen molar-refractivity contribution in [2.24, 2.45) is 5.92 Å². The van der Waals surface area contributed by atoms with Crippen molar-refractivity contribution in [1.82, 2.24) is 0 Å². The fourth-order valence-electron chi connectivity index (χ4n) is 12.4. The van der Waals surface area contributed by atoms with Crippen molar-refractivity contribution in [3.63, 3.8) is 0 Å². The van der Waals surface area contributed by atoms with Gasteiger partial charge in [-0.15, -0.1) is 0 Å². The van der Waals surface area contributed by atoms with Crippen LogP contribution >= 0.6 is 0 Å². The Bertz CT molecular complexity index is 3910.